The molecule has 0 amide bonds. The fourth-order valence-corrected chi connectivity index (χ4v) is 8.70. The smallest absolute Gasteiger partial charge is 0.310 e. The third kappa shape index (κ3) is 3.36. The van der Waals surface area contributed by atoms with Crippen LogP contribution in [0.2, 0.25) is 0 Å². The van der Waals surface area contributed by atoms with Crippen LogP contribution in [-0.4, -0.2) is 27.9 Å². The number of allylic oxidation sites excluding steroid dienone is 4. The average molecular weight is 471 g/mol. The van der Waals surface area contributed by atoms with Gasteiger partial charge in [-0.1, -0.05) is 57.9 Å². The highest BCUT2D eigenvalue weighted by Crippen LogP contribution is 2.72. The van der Waals surface area contributed by atoms with Crippen LogP contribution in [0.5, 0.6) is 0 Å². The number of aliphatic carboxylic acids is 2. The Morgan fingerprint density at radius 2 is 1.56 bits per heavy atom. The minimum absolute atomic E-state index is 0.0120. The summed E-state index contributed by atoms with van der Waals surface area (Å²) in [5.41, 5.74) is 0.985. The van der Waals surface area contributed by atoms with Crippen molar-refractivity contribution in [3.63, 3.8) is 0 Å². The Morgan fingerprint density at radius 1 is 0.912 bits per heavy atom. The summed E-state index contributed by atoms with van der Waals surface area (Å²) in [4.78, 5) is 37.0. The van der Waals surface area contributed by atoms with E-state index in [1.165, 1.54) is 11.1 Å². The molecule has 3 saturated carbocycles. The van der Waals surface area contributed by atoms with Gasteiger partial charge in [-0.15, -0.1) is 0 Å². The van der Waals surface area contributed by atoms with Crippen molar-refractivity contribution >= 4 is 17.7 Å². The molecule has 3 fully saturated rings. The zero-order valence-corrected chi connectivity index (χ0v) is 21.8. The Labute approximate surface area is 204 Å². The van der Waals surface area contributed by atoms with Crippen molar-refractivity contribution in [2.45, 2.75) is 99.3 Å². The van der Waals surface area contributed by atoms with Crippen LogP contribution in [0.4, 0.5) is 0 Å². The van der Waals surface area contributed by atoms with Gasteiger partial charge in [-0.3, -0.25) is 14.4 Å². The molecular weight excluding hydrogens is 428 g/mol. The molecule has 0 aromatic rings. The second-order valence-corrected chi connectivity index (χ2v) is 13.3. The van der Waals surface area contributed by atoms with E-state index in [-0.39, 0.29) is 40.3 Å². The fraction of sp³-hybridized carbons (Fsp3) is 0.759. The van der Waals surface area contributed by atoms with E-state index in [9.17, 15) is 24.6 Å². The number of hydrogen-bond acceptors (Lipinski definition) is 3. The molecule has 0 aromatic carbocycles. The lowest BCUT2D eigenvalue weighted by atomic mass is 9.38. The summed E-state index contributed by atoms with van der Waals surface area (Å²) in [7, 11) is 0. The van der Waals surface area contributed by atoms with E-state index in [0.717, 1.165) is 38.5 Å². The molecule has 5 heteroatoms. The zero-order chi connectivity index (χ0) is 25.3. The molecular formula is C29H42O5. The highest BCUT2D eigenvalue weighted by Gasteiger charge is 2.65. The standard InChI is InChI=1S/C29H42O5/c1-18(30)19-9-12-28(6)22(26(19,4)11-10-23(31)32)8-7-20-21-17-25(2,3)13-15-29(21,24(33)34)16-14-27(20,28)5/h7-8,19,21H,9-17H2,1-6H3,(H,31,32)(H,33,34)/t19?,21-,26-,27+,28+,29-/m0/s1. The van der Waals surface area contributed by atoms with Crippen LogP contribution in [0.15, 0.2) is 23.3 Å². The van der Waals surface area contributed by atoms with Crippen molar-refractivity contribution in [2.75, 3.05) is 0 Å². The van der Waals surface area contributed by atoms with Crippen molar-refractivity contribution in [3.8, 4) is 0 Å². The fourth-order valence-electron chi connectivity index (χ4n) is 8.70. The van der Waals surface area contributed by atoms with E-state index in [1.54, 1.807) is 6.92 Å². The van der Waals surface area contributed by atoms with Gasteiger partial charge < -0.3 is 10.2 Å². The number of carboxylic acids is 2. The lowest BCUT2D eigenvalue weighted by Crippen LogP contribution is -2.59. The molecule has 4 rings (SSSR count). The van der Waals surface area contributed by atoms with Gasteiger partial charge in [0.05, 0.1) is 5.41 Å². The first kappa shape index (κ1) is 25.2. The maximum atomic E-state index is 12.7. The Bertz CT molecular complexity index is 988. The SMILES string of the molecule is CC(=O)C1CC[C@]2(C)C(=CC=C3[C@@H]4CC(C)(C)CC[C@]4(C(=O)O)CC[C@]32C)[C@@]1(C)CCC(=O)O. The first-order chi connectivity index (χ1) is 15.6. The Kier molecular flexibility index (Phi) is 5.78. The second-order valence-electron chi connectivity index (χ2n) is 13.3. The van der Waals surface area contributed by atoms with Crippen molar-refractivity contribution in [1.29, 1.82) is 0 Å². The maximum Gasteiger partial charge on any atom is 0.310 e. The van der Waals surface area contributed by atoms with Crippen LogP contribution < -0.4 is 0 Å². The van der Waals surface area contributed by atoms with Crippen LogP contribution in [0.1, 0.15) is 99.3 Å². The summed E-state index contributed by atoms with van der Waals surface area (Å²) >= 11 is 0. The first-order valence-corrected chi connectivity index (χ1v) is 13.0. The van der Waals surface area contributed by atoms with E-state index in [1.807, 2.05) is 0 Å². The number of hydrogen-bond donors (Lipinski definition) is 2. The summed E-state index contributed by atoms with van der Waals surface area (Å²) in [5, 5.41) is 19.9. The van der Waals surface area contributed by atoms with Gasteiger partial charge in [0.25, 0.3) is 0 Å². The van der Waals surface area contributed by atoms with Crippen LogP contribution in [0.25, 0.3) is 0 Å². The van der Waals surface area contributed by atoms with Gasteiger partial charge in [0.1, 0.15) is 5.78 Å². The predicted molar refractivity (Wildman–Crippen MR) is 131 cm³/mol. The van der Waals surface area contributed by atoms with Gasteiger partial charge >= 0.3 is 11.9 Å². The largest absolute Gasteiger partial charge is 0.481 e. The number of rotatable bonds is 5. The molecule has 2 N–H and O–H groups in total. The van der Waals surface area contributed by atoms with E-state index in [0.29, 0.717) is 12.8 Å². The number of carboxylic acid groups (broad SMARTS) is 2. The van der Waals surface area contributed by atoms with Crippen molar-refractivity contribution < 1.29 is 24.6 Å². The third-order valence-corrected chi connectivity index (χ3v) is 11.1. The number of ketones is 1. The molecule has 6 atom stereocenters. The number of carbonyl (C=O) groups is 3. The van der Waals surface area contributed by atoms with Gasteiger partial charge in [0.15, 0.2) is 0 Å². The molecule has 0 saturated heterocycles. The summed E-state index contributed by atoms with van der Waals surface area (Å²) in [6.07, 6.45) is 10.5. The lowest BCUT2D eigenvalue weighted by Gasteiger charge is -2.65. The molecule has 34 heavy (non-hydrogen) atoms. The monoisotopic (exact) mass is 470 g/mol. The molecule has 0 aromatic heterocycles. The molecule has 0 radical (unpaired) electrons. The Balaban J connectivity index is 1.88. The Morgan fingerprint density at radius 3 is 2.15 bits per heavy atom. The van der Waals surface area contributed by atoms with Crippen LogP contribution in [-0.2, 0) is 14.4 Å². The van der Waals surface area contributed by atoms with Gasteiger partial charge in [-0.2, -0.15) is 0 Å². The molecule has 5 nitrogen and oxygen atoms in total. The molecule has 0 bridgehead atoms. The number of Topliss-reactive ketones (excluding diaryl/α,β-unsaturated/α-hetero) is 1. The maximum absolute atomic E-state index is 12.7. The second kappa shape index (κ2) is 7.80. The molecule has 1 unspecified atom stereocenters. The molecule has 4 aliphatic carbocycles. The van der Waals surface area contributed by atoms with E-state index in [4.69, 9.17) is 0 Å². The van der Waals surface area contributed by atoms with Crippen molar-refractivity contribution in [1.82, 2.24) is 0 Å². The molecule has 0 aliphatic heterocycles. The normalized spacial score (nSPS) is 42.9. The molecule has 188 valence electrons. The quantitative estimate of drug-likeness (QED) is 0.483. The minimum Gasteiger partial charge on any atom is -0.481 e. The minimum atomic E-state index is -0.831. The lowest BCUT2D eigenvalue weighted by molar-refractivity contribution is -0.163. The highest BCUT2D eigenvalue weighted by molar-refractivity contribution is 5.81. The average Bonchev–Trinajstić information content (AvgIpc) is 2.72. The van der Waals surface area contributed by atoms with Crippen LogP contribution in [0, 0.1) is 38.9 Å². The van der Waals surface area contributed by atoms with Gasteiger partial charge in [0.2, 0.25) is 0 Å². The highest BCUT2D eigenvalue weighted by atomic mass is 16.4. The van der Waals surface area contributed by atoms with E-state index >= 15 is 0 Å². The third-order valence-electron chi connectivity index (χ3n) is 11.1. The summed E-state index contributed by atoms with van der Waals surface area (Å²) in [5.74, 6) is -1.51. The Hall–Kier alpha value is -1.91. The van der Waals surface area contributed by atoms with E-state index < -0.39 is 22.8 Å². The summed E-state index contributed by atoms with van der Waals surface area (Å²) in [6.45, 7) is 12.9. The van der Waals surface area contributed by atoms with Gasteiger partial charge in [0, 0.05) is 12.3 Å². The van der Waals surface area contributed by atoms with Gasteiger partial charge in [-0.05, 0) is 85.9 Å². The van der Waals surface area contributed by atoms with Crippen LogP contribution >= 0.6 is 0 Å². The van der Waals surface area contributed by atoms with Crippen molar-refractivity contribution in [3.05, 3.63) is 23.3 Å². The zero-order valence-electron chi connectivity index (χ0n) is 21.8. The number of fused-ring (bicyclic) bond motifs is 5. The number of carbonyl (C=O) groups excluding carboxylic acids is 1. The van der Waals surface area contributed by atoms with E-state index in [2.05, 4.69) is 46.8 Å². The summed E-state index contributed by atoms with van der Waals surface area (Å²) < 4.78 is 0. The molecule has 0 spiro atoms. The molecule has 0 heterocycles. The van der Waals surface area contributed by atoms with Gasteiger partial charge in [-0.25, -0.2) is 0 Å². The van der Waals surface area contributed by atoms with Crippen LogP contribution in [0.3, 0.4) is 0 Å². The molecule has 4 aliphatic rings. The van der Waals surface area contributed by atoms with Crippen molar-refractivity contribution in [2.24, 2.45) is 38.9 Å². The summed E-state index contributed by atoms with van der Waals surface area (Å²) in [6, 6.07) is 0. The first-order valence-electron chi connectivity index (χ1n) is 13.0. The topological polar surface area (TPSA) is 91.7 Å². The predicted octanol–water partition coefficient (Wildman–Crippen LogP) is 6.43.